The van der Waals surface area contributed by atoms with Crippen molar-refractivity contribution in [3.05, 3.63) is 47.7 Å². The lowest BCUT2D eigenvalue weighted by molar-refractivity contribution is 0.101. The first kappa shape index (κ1) is 13.3. The number of Topliss-reactive ketones (excluding diaryl/α,β-unsaturated/α-hetero) is 1. The fraction of sp³-hybridized carbons (Fsp3) is 0.250. The van der Waals surface area contributed by atoms with Crippen LogP contribution in [0.5, 0.6) is 5.75 Å². The molecule has 98 valence electrons. The number of rotatable bonds is 4. The summed E-state index contributed by atoms with van der Waals surface area (Å²) in [4.78, 5) is 15.9. The average Bonchev–Trinajstić information content (AvgIpc) is 2.39. The van der Waals surface area contributed by atoms with Crippen LogP contribution in [-0.2, 0) is 0 Å². The molecule has 0 spiro atoms. The summed E-state index contributed by atoms with van der Waals surface area (Å²) in [5.41, 5.74) is 3.18. The van der Waals surface area contributed by atoms with Crippen molar-refractivity contribution in [3.63, 3.8) is 0 Å². The van der Waals surface area contributed by atoms with E-state index in [1.165, 1.54) is 0 Å². The molecule has 2 rings (SSSR count). The normalized spacial score (nSPS) is 10.3. The van der Waals surface area contributed by atoms with Crippen LogP contribution < -0.4 is 4.74 Å². The smallest absolute Gasteiger partial charge is 0.161 e. The highest BCUT2D eigenvalue weighted by Crippen LogP contribution is 2.29. The van der Waals surface area contributed by atoms with E-state index in [0.717, 1.165) is 22.7 Å². The molecule has 0 aliphatic rings. The number of hydrogen-bond donors (Lipinski definition) is 0. The number of benzene rings is 1. The molecule has 0 aliphatic carbocycles. The minimum atomic E-state index is 0.0367. The molecule has 0 saturated carbocycles. The standard InChI is InChI=1S/C16H17NO2/c1-4-19-16-8-6-5-7-14(16)15-10-9-13(12(3)18)11(2)17-15/h5-10H,4H2,1-3H3. The van der Waals surface area contributed by atoms with Gasteiger partial charge in [0, 0.05) is 16.8 Å². The summed E-state index contributed by atoms with van der Waals surface area (Å²) < 4.78 is 5.60. The summed E-state index contributed by atoms with van der Waals surface area (Å²) in [5.74, 6) is 0.849. The first-order valence-electron chi connectivity index (χ1n) is 6.34. The van der Waals surface area contributed by atoms with Crippen LogP contribution in [0.1, 0.15) is 29.9 Å². The van der Waals surface area contributed by atoms with E-state index >= 15 is 0 Å². The minimum Gasteiger partial charge on any atom is -0.493 e. The van der Waals surface area contributed by atoms with Crippen LogP contribution in [-0.4, -0.2) is 17.4 Å². The molecule has 1 aromatic carbocycles. The zero-order chi connectivity index (χ0) is 13.8. The third-order valence-electron chi connectivity index (χ3n) is 2.93. The van der Waals surface area contributed by atoms with Gasteiger partial charge < -0.3 is 4.74 Å². The van der Waals surface area contributed by atoms with Crippen LogP contribution in [0.15, 0.2) is 36.4 Å². The molecule has 3 nitrogen and oxygen atoms in total. The highest BCUT2D eigenvalue weighted by Gasteiger charge is 2.10. The maximum absolute atomic E-state index is 11.4. The van der Waals surface area contributed by atoms with E-state index in [-0.39, 0.29) is 5.78 Å². The zero-order valence-corrected chi connectivity index (χ0v) is 11.4. The summed E-state index contributed by atoms with van der Waals surface area (Å²) in [6.45, 7) is 5.97. The number of carbonyl (C=O) groups is 1. The van der Waals surface area contributed by atoms with Crippen molar-refractivity contribution in [1.82, 2.24) is 4.98 Å². The van der Waals surface area contributed by atoms with Gasteiger partial charge in [0.05, 0.1) is 12.3 Å². The Hall–Kier alpha value is -2.16. The largest absolute Gasteiger partial charge is 0.493 e. The molecule has 0 bridgehead atoms. The fourth-order valence-corrected chi connectivity index (χ4v) is 2.04. The van der Waals surface area contributed by atoms with E-state index < -0.39 is 0 Å². The first-order valence-corrected chi connectivity index (χ1v) is 6.34. The lowest BCUT2D eigenvalue weighted by Crippen LogP contribution is -2.00. The quantitative estimate of drug-likeness (QED) is 0.783. The number of ether oxygens (including phenoxy) is 1. The number of aromatic nitrogens is 1. The average molecular weight is 255 g/mol. The van der Waals surface area contributed by atoms with Gasteiger partial charge in [0.2, 0.25) is 0 Å². The number of hydrogen-bond acceptors (Lipinski definition) is 3. The molecule has 1 aromatic heterocycles. The first-order chi connectivity index (χ1) is 9.13. The minimum absolute atomic E-state index is 0.0367. The predicted molar refractivity (Wildman–Crippen MR) is 75.6 cm³/mol. The Morgan fingerprint density at radius 3 is 2.58 bits per heavy atom. The second-order valence-corrected chi connectivity index (χ2v) is 4.31. The third kappa shape index (κ3) is 2.81. The maximum atomic E-state index is 11.4. The Balaban J connectivity index is 2.48. The van der Waals surface area contributed by atoms with Gasteiger partial charge in [0.25, 0.3) is 0 Å². The molecule has 0 N–H and O–H groups in total. The molecule has 0 aliphatic heterocycles. The van der Waals surface area contributed by atoms with E-state index in [4.69, 9.17) is 4.74 Å². The summed E-state index contributed by atoms with van der Waals surface area (Å²) in [6.07, 6.45) is 0. The molecule has 3 heteroatoms. The van der Waals surface area contributed by atoms with Crippen molar-refractivity contribution < 1.29 is 9.53 Å². The van der Waals surface area contributed by atoms with Crippen LogP contribution in [0.25, 0.3) is 11.3 Å². The lowest BCUT2D eigenvalue weighted by atomic mass is 10.1. The fourth-order valence-electron chi connectivity index (χ4n) is 2.04. The van der Waals surface area contributed by atoms with E-state index in [1.807, 2.05) is 50.2 Å². The summed E-state index contributed by atoms with van der Waals surface area (Å²) in [7, 11) is 0. The van der Waals surface area contributed by atoms with Gasteiger partial charge in [-0.05, 0) is 45.0 Å². The van der Waals surface area contributed by atoms with Crippen LogP contribution >= 0.6 is 0 Å². The number of aryl methyl sites for hydroxylation is 1. The van der Waals surface area contributed by atoms with Crippen LogP contribution in [0.3, 0.4) is 0 Å². The van der Waals surface area contributed by atoms with Gasteiger partial charge >= 0.3 is 0 Å². The third-order valence-corrected chi connectivity index (χ3v) is 2.93. The van der Waals surface area contributed by atoms with Crippen LogP contribution in [0.2, 0.25) is 0 Å². The molecule has 19 heavy (non-hydrogen) atoms. The highest BCUT2D eigenvalue weighted by molar-refractivity contribution is 5.95. The lowest BCUT2D eigenvalue weighted by Gasteiger charge is -2.10. The molecule has 1 heterocycles. The van der Waals surface area contributed by atoms with Crippen molar-refractivity contribution in [2.24, 2.45) is 0 Å². The van der Waals surface area contributed by atoms with Crippen LogP contribution in [0, 0.1) is 6.92 Å². The number of pyridine rings is 1. The van der Waals surface area contributed by atoms with E-state index in [9.17, 15) is 4.79 Å². The van der Waals surface area contributed by atoms with E-state index in [1.54, 1.807) is 6.92 Å². The topological polar surface area (TPSA) is 39.2 Å². The van der Waals surface area contributed by atoms with Crippen molar-refractivity contribution in [1.29, 1.82) is 0 Å². The Labute approximate surface area is 113 Å². The number of nitrogens with zero attached hydrogens (tertiary/aromatic N) is 1. The highest BCUT2D eigenvalue weighted by atomic mass is 16.5. The molecule has 2 aromatic rings. The molecule has 0 amide bonds. The molecular formula is C16H17NO2. The number of carbonyl (C=O) groups excluding carboxylic acids is 1. The van der Waals surface area contributed by atoms with Gasteiger partial charge in [-0.25, -0.2) is 0 Å². The van der Waals surface area contributed by atoms with Crippen LogP contribution in [0.4, 0.5) is 0 Å². The van der Waals surface area contributed by atoms with Crippen molar-refractivity contribution in [3.8, 4) is 17.0 Å². The molecule has 0 atom stereocenters. The van der Waals surface area contributed by atoms with Gasteiger partial charge in [-0.15, -0.1) is 0 Å². The monoisotopic (exact) mass is 255 g/mol. The second kappa shape index (κ2) is 5.65. The Kier molecular flexibility index (Phi) is 3.95. The number of para-hydroxylation sites is 1. The predicted octanol–water partition coefficient (Wildman–Crippen LogP) is 3.66. The number of ketones is 1. The van der Waals surface area contributed by atoms with Gasteiger partial charge in [0.15, 0.2) is 5.78 Å². The molecule has 0 radical (unpaired) electrons. The summed E-state index contributed by atoms with van der Waals surface area (Å²) in [5, 5.41) is 0. The van der Waals surface area contributed by atoms with Gasteiger partial charge in [-0.3, -0.25) is 9.78 Å². The SMILES string of the molecule is CCOc1ccccc1-c1ccc(C(C)=O)c(C)n1. The van der Waals surface area contributed by atoms with Gasteiger partial charge in [0.1, 0.15) is 5.75 Å². The van der Waals surface area contributed by atoms with Crippen molar-refractivity contribution >= 4 is 5.78 Å². The zero-order valence-electron chi connectivity index (χ0n) is 11.4. The Morgan fingerprint density at radius 2 is 1.95 bits per heavy atom. The maximum Gasteiger partial charge on any atom is 0.161 e. The molecule has 0 fully saturated rings. The van der Waals surface area contributed by atoms with Gasteiger partial charge in [-0.1, -0.05) is 12.1 Å². The van der Waals surface area contributed by atoms with Crippen molar-refractivity contribution in [2.45, 2.75) is 20.8 Å². The Morgan fingerprint density at radius 1 is 1.21 bits per heavy atom. The molecule has 0 unspecified atom stereocenters. The van der Waals surface area contributed by atoms with E-state index in [0.29, 0.717) is 12.2 Å². The van der Waals surface area contributed by atoms with Crippen molar-refractivity contribution in [2.75, 3.05) is 6.61 Å². The molecule has 0 saturated heterocycles. The second-order valence-electron chi connectivity index (χ2n) is 4.31. The summed E-state index contributed by atoms with van der Waals surface area (Å²) in [6, 6.07) is 11.5. The molecular weight excluding hydrogens is 238 g/mol. The summed E-state index contributed by atoms with van der Waals surface area (Å²) >= 11 is 0. The Bertz CT molecular complexity index is 605. The van der Waals surface area contributed by atoms with E-state index in [2.05, 4.69) is 4.98 Å². The van der Waals surface area contributed by atoms with Gasteiger partial charge in [-0.2, -0.15) is 0 Å².